The highest BCUT2D eigenvalue weighted by molar-refractivity contribution is 5.81. The van der Waals surface area contributed by atoms with E-state index in [1.54, 1.807) is 0 Å². The van der Waals surface area contributed by atoms with Gasteiger partial charge in [-0.25, -0.2) is 0 Å². The quantitative estimate of drug-likeness (QED) is 0.770. The Labute approximate surface area is 101 Å². The maximum absolute atomic E-state index is 11.8. The highest BCUT2D eigenvalue weighted by atomic mass is 16.5. The van der Waals surface area contributed by atoms with Crippen LogP contribution in [-0.4, -0.2) is 35.7 Å². The molecule has 1 saturated carbocycles. The Morgan fingerprint density at radius 1 is 1.18 bits per heavy atom. The highest BCUT2D eigenvalue weighted by Gasteiger charge is 2.30. The molecule has 0 spiro atoms. The van der Waals surface area contributed by atoms with E-state index in [0.29, 0.717) is 13.0 Å². The van der Waals surface area contributed by atoms with Crippen molar-refractivity contribution in [2.45, 2.75) is 50.7 Å². The molecule has 5 heteroatoms. The van der Waals surface area contributed by atoms with Crippen molar-refractivity contribution in [3.05, 3.63) is 0 Å². The third-order valence-electron chi connectivity index (χ3n) is 3.59. The van der Waals surface area contributed by atoms with Crippen molar-refractivity contribution in [1.82, 2.24) is 5.32 Å². The van der Waals surface area contributed by atoms with Crippen LogP contribution in [0.4, 0.5) is 0 Å². The van der Waals surface area contributed by atoms with Crippen LogP contribution in [0.3, 0.4) is 0 Å². The molecule has 17 heavy (non-hydrogen) atoms. The first-order chi connectivity index (χ1) is 8.16. The average Bonchev–Trinajstić information content (AvgIpc) is 2.82. The van der Waals surface area contributed by atoms with E-state index in [0.717, 1.165) is 32.1 Å². The first-order valence-corrected chi connectivity index (χ1v) is 6.31. The number of ether oxygens (including phenoxy) is 1. The molecule has 1 saturated heterocycles. The molecule has 3 unspecified atom stereocenters. The molecule has 0 aromatic heterocycles. The van der Waals surface area contributed by atoms with Gasteiger partial charge in [0.25, 0.3) is 0 Å². The van der Waals surface area contributed by atoms with E-state index in [2.05, 4.69) is 5.32 Å². The van der Waals surface area contributed by atoms with Gasteiger partial charge in [0.2, 0.25) is 5.91 Å². The number of amides is 1. The van der Waals surface area contributed by atoms with E-state index in [1.165, 1.54) is 0 Å². The molecule has 0 radical (unpaired) electrons. The summed E-state index contributed by atoms with van der Waals surface area (Å²) in [7, 11) is 0. The third kappa shape index (κ3) is 3.19. The average molecular weight is 241 g/mol. The largest absolute Gasteiger partial charge is 0.481 e. The van der Waals surface area contributed by atoms with Crippen molar-refractivity contribution in [2.24, 2.45) is 5.92 Å². The Bertz CT molecular complexity index is 299. The zero-order valence-electron chi connectivity index (χ0n) is 9.85. The maximum Gasteiger partial charge on any atom is 0.306 e. The first kappa shape index (κ1) is 12.4. The van der Waals surface area contributed by atoms with Gasteiger partial charge in [-0.3, -0.25) is 9.59 Å². The molecule has 0 bridgehead atoms. The van der Waals surface area contributed by atoms with Crippen LogP contribution in [0.25, 0.3) is 0 Å². The summed E-state index contributed by atoms with van der Waals surface area (Å²) in [5.74, 6) is -1.13. The molecule has 2 rings (SSSR count). The summed E-state index contributed by atoms with van der Waals surface area (Å²) in [4.78, 5) is 22.7. The molecule has 1 amide bonds. The summed E-state index contributed by atoms with van der Waals surface area (Å²) >= 11 is 0. The Kier molecular flexibility index (Phi) is 3.99. The second-order valence-corrected chi connectivity index (χ2v) is 4.91. The molecule has 1 aliphatic carbocycles. The third-order valence-corrected chi connectivity index (χ3v) is 3.59. The summed E-state index contributed by atoms with van der Waals surface area (Å²) in [5.41, 5.74) is 0. The molecule has 1 heterocycles. The summed E-state index contributed by atoms with van der Waals surface area (Å²) < 4.78 is 5.30. The van der Waals surface area contributed by atoms with Gasteiger partial charge < -0.3 is 15.2 Å². The Hall–Kier alpha value is -1.10. The summed E-state index contributed by atoms with van der Waals surface area (Å²) in [6, 6.07) is 0.00144. The van der Waals surface area contributed by atoms with Crippen LogP contribution in [0, 0.1) is 5.92 Å². The molecule has 0 aromatic rings. The predicted octanol–water partition coefficient (Wildman–Crippen LogP) is 0.925. The molecule has 96 valence electrons. The lowest BCUT2D eigenvalue weighted by atomic mass is 9.85. The van der Waals surface area contributed by atoms with Crippen LogP contribution < -0.4 is 5.32 Å². The van der Waals surface area contributed by atoms with Gasteiger partial charge in [0.05, 0.1) is 5.92 Å². The SMILES string of the molecule is O=C(O)C1CCCC(NC(=O)C2CCCO2)C1. The van der Waals surface area contributed by atoms with Gasteiger partial charge >= 0.3 is 5.97 Å². The topological polar surface area (TPSA) is 75.6 Å². The number of hydrogen-bond donors (Lipinski definition) is 2. The van der Waals surface area contributed by atoms with Gasteiger partial charge in [0.15, 0.2) is 0 Å². The van der Waals surface area contributed by atoms with Gasteiger partial charge in [-0.1, -0.05) is 6.42 Å². The highest BCUT2D eigenvalue weighted by Crippen LogP contribution is 2.25. The monoisotopic (exact) mass is 241 g/mol. The normalized spacial score (nSPS) is 33.3. The minimum Gasteiger partial charge on any atom is -0.481 e. The maximum atomic E-state index is 11.8. The van der Waals surface area contributed by atoms with Crippen LogP contribution in [0.15, 0.2) is 0 Å². The van der Waals surface area contributed by atoms with E-state index >= 15 is 0 Å². The van der Waals surface area contributed by atoms with E-state index in [1.807, 2.05) is 0 Å². The minimum absolute atomic E-state index is 0.00144. The van der Waals surface area contributed by atoms with Crippen molar-refractivity contribution < 1.29 is 19.4 Å². The summed E-state index contributed by atoms with van der Waals surface area (Å²) in [6.07, 6.45) is 4.41. The van der Waals surface area contributed by atoms with Gasteiger partial charge in [0, 0.05) is 12.6 Å². The molecule has 2 N–H and O–H groups in total. The first-order valence-electron chi connectivity index (χ1n) is 6.31. The van der Waals surface area contributed by atoms with Crippen molar-refractivity contribution >= 4 is 11.9 Å². The minimum atomic E-state index is -0.749. The number of carboxylic acids is 1. The number of nitrogens with one attached hydrogen (secondary N) is 1. The Balaban J connectivity index is 1.81. The lowest BCUT2D eigenvalue weighted by Gasteiger charge is -2.28. The fourth-order valence-electron chi connectivity index (χ4n) is 2.62. The molecule has 5 nitrogen and oxygen atoms in total. The fourth-order valence-corrected chi connectivity index (χ4v) is 2.62. The molecule has 2 fully saturated rings. The van der Waals surface area contributed by atoms with Crippen molar-refractivity contribution in [3.8, 4) is 0 Å². The lowest BCUT2D eigenvalue weighted by Crippen LogP contribution is -2.44. The fraction of sp³-hybridized carbons (Fsp3) is 0.833. The molecule has 1 aliphatic heterocycles. The summed E-state index contributed by atoms with van der Waals surface area (Å²) in [5, 5.41) is 11.9. The zero-order chi connectivity index (χ0) is 12.3. The van der Waals surface area contributed by atoms with Crippen molar-refractivity contribution in [3.63, 3.8) is 0 Å². The van der Waals surface area contributed by atoms with E-state index in [4.69, 9.17) is 9.84 Å². The molecular formula is C12H19NO4. The van der Waals surface area contributed by atoms with Gasteiger partial charge in [-0.05, 0) is 32.1 Å². The number of carboxylic acid groups (broad SMARTS) is 1. The van der Waals surface area contributed by atoms with Crippen LogP contribution in [0.1, 0.15) is 38.5 Å². The van der Waals surface area contributed by atoms with Crippen LogP contribution in [-0.2, 0) is 14.3 Å². The van der Waals surface area contributed by atoms with Gasteiger partial charge in [-0.2, -0.15) is 0 Å². The van der Waals surface area contributed by atoms with Gasteiger partial charge in [0.1, 0.15) is 6.10 Å². The van der Waals surface area contributed by atoms with Crippen LogP contribution in [0.5, 0.6) is 0 Å². The van der Waals surface area contributed by atoms with Gasteiger partial charge in [-0.15, -0.1) is 0 Å². The summed E-state index contributed by atoms with van der Waals surface area (Å²) in [6.45, 7) is 0.653. The second kappa shape index (κ2) is 5.49. The van der Waals surface area contributed by atoms with Crippen molar-refractivity contribution in [2.75, 3.05) is 6.61 Å². The van der Waals surface area contributed by atoms with Crippen LogP contribution >= 0.6 is 0 Å². The number of carbonyl (C=O) groups is 2. The second-order valence-electron chi connectivity index (χ2n) is 4.91. The molecular weight excluding hydrogens is 222 g/mol. The predicted molar refractivity (Wildman–Crippen MR) is 60.5 cm³/mol. The van der Waals surface area contributed by atoms with Crippen LogP contribution in [0.2, 0.25) is 0 Å². The van der Waals surface area contributed by atoms with E-state index in [-0.39, 0.29) is 24.0 Å². The van der Waals surface area contributed by atoms with E-state index in [9.17, 15) is 9.59 Å². The Morgan fingerprint density at radius 3 is 2.65 bits per heavy atom. The van der Waals surface area contributed by atoms with Crippen molar-refractivity contribution in [1.29, 1.82) is 0 Å². The molecule has 2 aliphatic rings. The zero-order valence-corrected chi connectivity index (χ0v) is 9.85. The number of rotatable bonds is 3. The standard InChI is InChI=1S/C12H19NO4/c14-11(10-5-2-6-17-10)13-9-4-1-3-8(7-9)12(15)16/h8-10H,1-7H2,(H,13,14)(H,15,16). The Morgan fingerprint density at radius 2 is 2.00 bits per heavy atom. The smallest absolute Gasteiger partial charge is 0.306 e. The number of carbonyl (C=O) groups excluding carboxylic acids is 1. The lowest BCUT2D eigenvalue weighted by molar-refractivity contribution is -0.143. The molecule has 0 aromatic carbocycles. The number of aliphatic carboxylic acids is 1. The van der Waals surface area contributed by atoms with E-state index < -0.39 is 5.97 Å². The molecule has 3 atom stereocenters. The number of hydrogen-bond acceptors (Lipinski definition) is 3.